The summed E-state index contributed by atoms with van der Waals surface area (Å²) in [6.45, 7) is 4.16. The van der Waals surface area contributed by atoms with Gasteiger partial charge in [0.2, 0.25) is 0 Å². The average Bonchev–Trinajstić information content (AvgIpc) is 2.68. The van der Waals surface area contributed by atoms with Crippen LogP contribution in [0.25, 0.3) is 0 Å². The van der Waals surface area contributed by atoms with Gasteiger partial charge in [-0.1, -0.05) is 30.3 Å². The van der Waals surface area contributed by atoms with Gasteiger partial charge in [-0.25, -0.2) is 0 Å². The zero-order valence-electron chi connectivity index (χ0n) is 8.39. The number of ketones is 1. The topological polar surface area (TPSA) is 22.0 Å². The van der Waals surface area contributed by atoms with Gasteiger partial charge in [0.05, 0.1) is 0 Å². The second-order valence-corrected chi connectivity index (χ2v) is 3.48. The molecule has 1 aromatic carbocycles. The summed E-state index contributed by atoms with van der Waals surface area (Å²) in [5, 5.41) is 0. The fraction of sp³-hybridized carbons (Fsp3) is 0.0769. The zero-order chi connectivity index (χ0) is 10.7. The Balaban J connectivity index is 2.15. The van der Waals surface area contributed by atoms with Gasteiger partial charge in [0.25, 0.3) is 0 Å². The highest BCUT2D eigenvalue weighted by Crippen LogP contribution is 2.06. The maximum absolute atomic E-state index is 11.0. The molecule has 0 aliphatic carbocycles. The van der Waals surface area contributed by atoms with Crippen molar-refractivity contribution in [2.45, 2.75) is 6.54 Å². The number of rotatable bonds is 3. The Morgan fingerprint density at radius 1 is 1.20 bits per heavy atom. The number of nitrogens with zero attached hydrogens (tertiary/aromatic N) is 1. The van der Waals surface area contributed by atoms with E-state index in [1.54, 1.807) is 6.07 Å². The third kappa shape index (κ3) is 2.34. The first-order chi connectivity index (χ1) is 7.25. The van der Waals surface area contributed by atoms with Crippen LogP contribution in [0, 0.1) is 6.92 Å². The molecule has 2 aromatic rings. The Labute approximate surface area is 89.2 Å². The molecular weight excluding hydrogens is 186 g/mol. The van der Waals surface area contributed by atoms with E-state index in [1.165, 1.54) is 5.56 Å². The highest BCUT2D eigenvalue weighted by atomic mass is 16.1. The second-order valence-electron chi connectivity index (χ2n) is 3.48. The molecule has 0 N–H and O–H groups in total. The minimum absolute atomic E-state index is 0.137. The molecule has 15 heavy (non-hydrogen) atoms. The van der Waals surface area contributed by atoms with Crippen LogP contribution in [0.5, 0.6) is 0 Å². The molecule has 1 heterocycles. The molecule has 1 aromatic heterocycles. The minimum Gasteiger partial charge on any atom is -0.349 e. The quantitative estimate of drug-likeness (QED) is 0.695. The number of hydrogen-bond acceptors (Lipinski definition) is 1. The third-order valence-corrected chi connectivity index (χ3v) is 2.28. The van der Waals surface area contributed by atoms with Crippen molar-refractivity contribution in [3.63, 3.8) is 0 Å². The number of carbonyl (C=O) groups is 1. The number of benzene rings is 1. The van der Waals surface area contributed by atoms with Crippen LogP contribution in [0.2, 0.25) is 0 Å². The fourth-order valence-electron chi connectivity index (χ4n) is 1.50. The van der Waals surface area contributed by atoms with E-state index in [4.69, 9.17) is 0 Å². The molecule has 0 saturated carbocycles. The predicted octanol–water partition coefficient (Wildman–Crippen LogP) is 2.55. The van der Waals surface area contributed by atoms with Crippen LogP contribution in [0.15, 0.2) is 48.8 Å². The van der Waals surface area contributed by atoms with Crippen molar-refractivity contribution in [1.82, 2.24) is 4.57 Å². The minimum atomic E-state index is -0.137. The molecule has 0 bridgehead atoms. The molecule has 2 rings (SSSR count). The summed E-state index contributed by atoms with van der Waals surface area (Å²) < 4.78 is 1.98. The van der Waals surface area contributed by atoms with E-state index >= 15 is 0 Å². The summed E-state index contributed by atoms with van der Waals surface area (Å²) in [7, 11) is 0. The predicted molar refractivity (Wildman–Crippen MR) is 59.7 cm³/mol. The van der Waals surface area contributed by atoms with Gasteiger partial charge in [-0.2, -0.15) is 0 Å². The Morgan fingerprint density at radius 2 is 1.93 bits per heavy atom. The maximum Gasteiger partial charge on any atom is 0.164 e. The van der Waals surface area contributed by atoms with Crippen LogP contribution in [0.1, 0.15) is 15.9 Å². The van der Waals surface area contributed by atoms with Gasteiger partial charge in [0.15, 0.2) is 5.78 Å². The molecule has 0 fully saturated rings. The lowest BCUT2D eigenvalue weighted by molar-refractivity contribution is 0.104. The third-order valence-electron chi connectivity index (χ3n) is 2.28. The van der Waals surface area contributed by atoms with Crippen LogP contribution in [0.3, 0.4) is 0 Å². The van der Waals surface area contributed by atoms with E-state index in [-0.39, 0.29) is 5.78 Å². The summed E-state index contributed by atoms with van der Waals surface area (Å²) in [6.07, 6.45) is 3.72. The molecule has 0 saturated heterocycles. The first-order valence-electron chi connectivity index (χ1n) is 4.82. The summed E-state index contributed by atoms with van der Waals surface area (Å²) in [6, 6.07) is 11.9. The van der Waals surface area contributed by atoms with E-state index in [0.29, 0.717) is 5.56 Å². The molecule has 0 aliphatic heterocycles. The summed E-state index contributed by atoms with van der Waals surface area (Å²) in [5.41, 5.74) is 1.88. The van der Waals surface area contributed by atoms with Crippen molar-refractivity contribution >= 4 is 5.78 Å². The standard InChI is InChI=1S/C13H12NO/c1-11(15)13-7-8-14(10-13)9-12-5-3-2-4-6-12/h2-8,10H,1,9H2. The van der Waals surface area contributed by atoms with Crippen molar-refractivity contribution in [3.05, 3.63) is 66.8 Å². The first kappa shape index (κ1) is 9.71. The van der Waals surface area contributed by atoms with Crippen LogP contribution in [-0.2, 0) is 6.54 Å². The molecule has 1 radical (unpaired) electrons. The van der Waals surface area contributed by atoms with Crippen molar-refractivity contribution in [2.24, 2.45) is 0 Å². The van der Waals surface area contributed by atoms with Crippen LogP contribution < -0.4 is 0 Å². The van der Waals surface area contributed by atoms with Gasteiger partial charge in [-0.05, 0) is 11.6 Å². The molecule has 0 atom stereocenters. The van der Waals surface area contributed by atoms with E-state index in [2.05, 4.69) is 19.1 Å². The first-order valence-corrected chi connectivity index (χ1v) is 4.82. The number of aromatic nitrogens is 1. The highest BCUT2D eigenvalue weighted by Gasteiger charge is 2.01. The smallest absolute Gasteiger partial charge is 0.164 e. The number of Topliss-reactive ketones (excluding diaryl/α,β-unsaturated/α-hetero) is 1. The van der Waals surface area contributed by atoms with Gasteiger partial charge in [0, 0.05) is 31.4 Å². The molecule has 0 unspecified atom stereocenters. The molecule has 0 aliphatic rings. The normalized spacial score (nSPS) is 10.2. The van der Waals surface area contributed by atoms with Gasteiger partial charge < -0.3 is 4.57 Å². The average molecular weight is 198 g/mol. The zero-order valence-corrected chi connectivity index (χ0v) is 8.39. The van der Waals surface area contributed by atoms with Gasteiger partial charge in [-0.3, -0.25) is 4.79 Å². The molecule has 75 valence electrons. The van der Waals surface area contributed by atoms with E-state index in [1.807, 2.05) is 35.2 Å². The molecule has 2 heteroatoms. The molecule has 2 nitrogen and oxygen atoms in total. The highest BCUT2D eigenvalue weighted by molar-refractivity contribution is 5.99. The van der Waals surface area contributed by atoms with Crippen LogP contribution in [-0.4, -0.2) is 10.4 Å². The number of carbonyl (C=O) groups excluding carboxylic acids is 1. The molecular formula is C13H12NO. The summed E-state index contributed by atoms with van der Waals surface area (Å²) >= 11 is 0. The summed E-state index contributed by atoms with van der Waals surface area (Å²) in [4.78, 5) is 11.0. The lowest BCUT2D eigenvalue weighted by Crippen LogP contribution is -1.96. The van der Waals surface area contributed by atoms with E-state index in [0.717, 1.165) is 6.54 Å². The van der Waals surface area contributed by atoms with Crippen molar-refractivity contribution in [3.8, 4) is 0 Å². The Bertz CT molecular complexity index is 456. The number of hydrogen-bond donors (Lipinski definition) is 0. The SMILES string of the molecule is [CH2]C(=O)c1ccn(Cc2ccccc2)c1. The van der Waals surface area contributed by atoms with Gasteiger partial charge >= 0.3 is 0 Å². The van der Waals surface area contributed by atoms with E-state index in [9.17, 15) is 4.79 Å². The molecule has 0 amide bonds. The van der Waals surface area contributed by atoms with E-state index < -0.39 is 0 Å². The monoisotopic (exact) mass is 198 g/mol. The van der Waals surface area contributed by atoms with Gasteiger partial charge in [0.1, 0.15) is 0 Å². The fourth-order valence-corrected chi connectivity index (χ4v) is 1.50. The Kier molecular flexibility index (Phi) is 2.68. The molecule has 0 spiro atoms. The lowest BCUT2D eigenvalue weighted by atomic mass is 10.2. The van der Waals surface area contributed by atoms with Crippen LogP contribution in [0.4, 0.5) is 0 Å². The van der Waals surface area contributed by atoms with Crippen molar-refractivity contribution in [1.29, 1.82) is 0 Å². The van der Waals surface area contributed by atoms with Crippen molar-refractivity contribution in [2.75, 3.05) is 0 Å². The Hall–Kier alpha value is -1.83. The second kappa shape index (κ2) is 4.13. The summed E-state index contributed by atoms with van der Waals surface area (Å²) in [5.74, 6) is -0.137. The lowest BCUT2D eigenvalue weighted by Gasteiger charge is -2.01. The largest absolute Gasteiger partial charge is 0.349 e. The van der Waals surface area contributed by atoms with Crippen molar-refractivity contribution < 1.29 is 4.79 Å². The Morgan fingerprint density at radius 3 is 2.53 bits per heavy atom. The van der Waals surface area contributed by atoms with Crippen LogP contribution >= 0.6 is 0 Å². The van der Waals surface area contributed by atoms with Gasteiger partial charge in [-0.15, -0.1) is 0 Å². The maximum atomic E-state index is 11.0.